The van der Waals surface area contributed by atoms with E-state index in [2.05, 4.69) is 4.98 Å². The molecule has 8 heteroatoms. The van der Waals surface area contributed by atoms with E-state index in [-0.39, 0.29) is 12.2 Å². The molecular weight excluding hydrogens is 264 g/mol. The lowest BCUT2D eigenvalue weighted by Crippen LogP contribution is -2.31. The molecule has 0 saturated carbocycles. The van der Waals surface area contributed by atoms with Crippen molar-refractivity contribution in [1.29, 1.82) is 0 Å². The van der Waals surface area contributed by atoms with E-state index >= 15 is 0 Å². The summed E-state index contributed by atoms with van der Waals surface area (Å²) in [6, 6.07) is 4.01. The zero-order valence-electron chi connectivity index (χ0n) is 10.6. The van der Waals surface area contributed by atoms with E-state index in [0.29, 0.717) is 16.8 Å². The van der Waals surface area contributed by atoms with Crippen molar-refractivity contribution < 1.29 is 4.92 Å². The molecule has 8 nitrogen and oxygen atoms in total. The van der Waals surface area contributed by atoms with Gasteiger partial charge >= 0.3 is 5.69 Å². The van der Waals surface area contributed by atoms with Crippen molar-refractivity contribution in [1.82, 2.24) is 9.55 Å². The molecule has 0 aliphatic heterocycles. The van der Waals surface area contributed by atoms with Crippen LogP contribution in [0.25, 0.3) is 0 Å². The Morgan fingerprint density at radius 3 is 2.75 bits per heavy atom. The molecule has 20 heavy (non-hydrogen) atoms. The Kier molecular flexibility index (Phi) is 3.38. The topological polar surface area (TPSA) is 124 Å². The summed E-state index contributed by atoms with van der Waals surface area (Å²) in [5.41, 5.74) is 5.73. The van der Waals surface area contributed by atoms with Crippen LogP contribution in [0.3, 0.4) is 0 Å². The van der Waals surface area contributed by atoms with Crippen molar-refractivity contribution in [3.05, 3.63) is 66.5 Å². The van der Waals surface area contributed by atoms with Crippen molar-refractivity contribution in [2.75, 3.05) is 5.73 Å². The normalized spacial score (nSPS) is 10.4. The van der Waals surface area contributed by atoms with Crippen LogP contribution in [0.2, 0.25) is 0 Å². The van der Waals surface area contributed by atoms with Gasteiger partial charge < -0.3 is 5.73 Å². The molecule has 3 N–H and O–H groups in total. The fourth-order valence-corrected chi connectivity index (χ4v) is 1.76. The average Bonchev–Trinajstić information content (AvgIpc) is 2.38. The molecule has 0 amide bonds. The fraction of sp³-hybridized carbons (Fsp3) is 0.167. The Labute approximate surface area is 112 Å². The minimum atomic E-state index is -0.591. The first-order valence-corrected chi connectivity index (χ1v) is 5.71. The lowest BCUT2D eigenvalue weighted by Gasteiger charge is -2.08. The van der Waals surface area contributed by atoms with Crippen LogP contribution in [0.5, 0.6) is 0 Å². The molecule has 1 aromatic carbocycles. The van der Waals surface area contributed by atoms with Crippen molar-refractivity contribution in [2.45, 2.75) is 13.5 Å². The Balaban J connectivity index is 2.47. The monoisotopic (exact) mass is 276 g/mol. The van der Waals surface area contributed by atoms with E-state index in [0.717, 1.165) is 0 Å². The molecule has 0 fully saturated rings. The highest BCUT2D eigenvalue weighted by Crippen LogP contribution is 2.20. The predicted octanol–water partition coefficient (Wildman–Crippen LogP) is 0.384. The predicted molar refractivity (Wildman–Crippen MR) is 72.7 cm³/mol. The van der Waals surface area contributed by atoms with Crippen LogP contribution in [0.4, 0.5) is 11.4 Å². The Morgan fingerprint density at radius 1 is 1.40 bits per heavy atom. The smallest absolute Gasteiger partial charge is 0.328 e. The van der Waals surface area contributed by atoms with E-state index in [1.807, 2.05) is 0 Å². The Hall–Kier alpha value is -2.90. The summed E-state index contributed by atoms with van der Waals surface area (Å²) in [7, 11) is 0. The number of non-ortho nitro benzene ring substituents is 1. The molecule has 0 saturated heterocycles. The zero-order chi connectivity index (χ0) is 14.9. The van der Waals surface area contributed by atoms with Crippen molar-refractivity contribution >= 4 is 11.4 Å². The van der Waals surface area contributed by atoms with E-state index in [9.17, 15) is 19.7 Å². The summed E-state index contributed by atoms with van der Waals surface area (Å²) in [5.74, 6) is 0. The maximum atomic E-state index is 11.7. The number of aryl methyl sites for hydroxylation is 1. The lowest BCUT2D eigenvalue weighted by molar-refractivity contribution is -0.384. The quantitative estimate of drug-likeness (QED) is 0.476. The van der Waals surface area contributed by atoms with Gasteiger partial charge in [-0.25, -0.2) is 4.79 Å². The van der Waals surface area contributed by atoms with E-state index < -0.39 is 16.2 Å². The standard InChI is InChI=1S/C12H12N4O4/c1-7-5-15(12(18)14-11(7)17)6-8-4-9(16(19)20)2-3-10(8)13/h2-5H,6,13H2,1H3,(H,14,17,18). The SMILES string of the molecule is Cc1cn(Cc2cc([N+](=O)[O-])ccc2N)c(=O)[nH]c1=O. The third-order valence-corrected chi connectivity index (χ3v) is 2.87. The van der Waals surface area contributed by atoms with Crippen molar-refractivity contribution in [3.8, 4) is 0 Å². The number of hydrogen-bond donors (Lipinski definition) is 2. The number of nitrogens with one attached hydrogen (secondary N) is 1. The molecule has 2 rings (SSSR count). The van der Waals surface area contributed by atoms with Gasteiger partial charge in [0, 0.05) is 35.1 Å². The van der Waals surface area contributed by atoms with Crippen molar-refractivity contribution in [2.24, 2.45) is 0 Å². The molecule has 0 spiro atoms. The summed E-state index contributed by atoms with van der Waals surface area (Å²) in [6.45, 7) is 1.61. The highest BCUT2D eigenvalue weighted by molar-refractivity contribution is 5.52. The van der Waals surface area contributed by atoms with Gasteiger partial charge in [-0.1, -0.05) is 0 Å². The maximum Gasteiger partial charge on any atom is 0.328 e. The number of nitro benzene ring substituents is 1. The third-order valence-electron chi connectivity index (χ3n) is 2.87. The van der Waals surface area contributed by atoms with Gasteiger partial charge in [-0.15, -0.1) is 0 Å². The molecule has 0 radical (unpaired) electrons. The first-order chi connectivity index (χ1) is 9.38. The number of benzene rings is 1. The van der Waals surface area contributed by atoms with E-state index in [4.69, 9.17) is 5.73 Å². The van der Waals surface area contributed by atoms with Gasteiger partial charge in [0.15, 0.2) is 0 Å². The second-order valence-corrected chi connectivity index (χ2v) is 4.34. The van der Waals surface area contributed by atoms with Crippen LogP contribution in [0.15, 0.2) is 34.0 Å². The van der Waals surface area contributed by atoms with E-state index in [1.165, 1.54) is 29.0 Å². The lowest BCUT2D eigenvalue weighted by atomic mass is 10.1. The highest BCUT2D eigenvalue weighted by Gasteiger charge is 2.10. The second-order valence-electron chi connectivity index (χ2n) is 4.34. The van der Waals surface area contributed by atoms with Gasteiger partial charge in [-0.3, -0.25) is 24.5 Å². The van der Waals surface area contributed by atoms with Crippen LogP contribution >= 0.6 is 0 Å². The van der Waals surface area contributed by atoms with Crippen LogP contribution in [-0.2, 0) is 6.54 Å². The average molecular weight is 276 g/mol. The third kappa shape index (κ3) is 2.58. The molecule has 1 heterocycles. The number of H-pyrrole nitrogens is 1. The number of rotatable bonds is 3. The number of nitrogens with zero attached hydrogens (tertiary/aromatic N) is 2. The van der Waals surface area contributed by atoms with Crippen LogP contribution < -0.4 is 17.0 Å². The largest absolute Gasteiger partial charge is 0.398 e. The van der Waals surface area contributed by atoms with Crippen LogP contribution in [-0.4, -0.2) is 14.5 Å². The molecule has 0 unspecified atom stereocenters. The van der Waals surface area contributed by atoms with Gasteiger partial charge in [-0.05, 0) is 13.0 Å². The highest BCUT2D eigenvalue weighted by atomic mass is 16.6. The molecule has 0 aliphatic carbocycles. The maximum absolute atomic E-state index is 11.7. The molecule has 0 bridgehead atoms. The van der Waals surface area contributed by atoms with Gasteiger partial charge in [-0.2, -0.15) is 0 Å². The van der Waals surface area contributed by atoms with E-state index in [1.54, 1.807) is 6.92 Å². The number of nitrogen functional groups attached to an aromatic ring is 1. The minimum Gasteiger partial charge on any atom is -0.398 e. The first kappa shape index (κ1) is 13.5. The summed E-state index contributed by atoms with van der Waals surface area (Å²) in [6.07, 6.45) is 1.39. The molecule has 0 atom stereocenters. The number of aromatic nitrogens is 2. The second kappa shape index (κ2) is 5.00. The Bertz CT molecular complexity index is 791. The summed E-state index contributed by atoms with van der Waals surface area (Å²) < 4.78 is 1.24. The summed E-state index contributed by atoms with van der Waals surface area (Å²) in [4.78, 5) is 35.3. The van der Waals surface area contributed by atoms with Crippen LogP contribution in [0.1, 0.15) is 11.1 Å². The van der Waals surface area contributed by atoms with Gasteiger partial charge in [0.25, 0.3) is 11.2 Å². The van der Waals surface area contributed by atoms with Gasteiger partial charge in [0.1, 0.15) is 0 Å². The number of nitro groups is 1. The summed E-state index contributed by atoms with van der Waals surface area (Å²) >= 11 is 0. The molecule has 2 aromatic rings. The zero-order valence-corrected chi connectivity index (χ0v) is 10.6. The molecule has 1 aromatic heterocycles. The first-order valence-electron chi connectivity index (χ1n) is 5.71. The summed E-state index contributed by atoms with van der Waals surface area (Å²) in [5, 5.41) is 10.7. The number of nitrogens with two attached hydrogens (primary N) is 1. The van der Waals surface area contributed by atoms with Gasteiger partial charge in [0.2, 0.25) is 0 Å². The number of aromatic amines is 1. The molecule has 104 valence electrons. The number of anilines is 1. The molecular formula is C12H12N4O4. The molecule has 0 aliphatic rings. The van der Waals surface area contributed by atoms with Crippen LogP contribution in [0, 0.1) is 17.0 Å². The van der Waals surface area contributed by atoms with Crippen molar-refractivity contribution in [3.63, 3.8) is 0 Å². The fourth-order valence-electron chi connectivity index (χ4n) is 1.76. The Morgan fingerprint density at radius 2 is 2.10 bits per heavy atom. The minimum absolute atomic E-state index is 0.0456. The number of hydrogen-bond acceptors (Lipinski definition) is 5. The van der Waals surface area contributed by atoms with Gasteiger partial charge in [0.05, 0.1) is 11.5 Å².